The number of methoxy groups -OCH3 is 1. The lowest BCUT2D eigenvalue weighted by molar-refractivity contribution is -0.153. The molecule has 4 rings (SSSR count). The molecule has 1 atom stereocenters. The third-order valence-electron chi connectivity index (χ3n) is 7.45. The van der Waals surface area contributed by atoms with Gasteiger partial charge in [0.15, 0.2) is 0 Å². The first-order valence-electron chi connectivity index (χ1n) is 12.6. The number of carboxylic acids is 1. The van der Waals surface area contributed by atoms with Crippen molar-refractivity contribution in [3.05, 3.63) is 65.4 Å². The van der Waals surface area contributed by atoms with E-state index in [0.29, 0.717) is 72.5 Å². The molecule has 1 fully saturated rings. The molecule has 1 unspecified atom stereocenters. The van der Waals surface area contributed by atoms with E-state index in [1.807, 2.05) is 0 Å². The Morgan fingerprint density at radius 2 is 1.89 bits per heavy atom. The number of ether oxygens (including phenoxy) is 1. The molecule has 1 saturated heterocycles. The maximum absolute atomic E-state index is 15.8. The highest BCUT2D eigenvalue weighted by Gasteiger charge is 2.41. The zero-order chi connectivity index (χ0) is 27.3. The molecular weight excluding hydrogens is 499 g/mol. The molecule has 3 aromatic rings. The molecule has 0 spiro atoms. The van der Waals surface area contributed by atoms with Gasteiger partial charge in [-0.05, 0) is 69.1 Å². The van der Waals surface area contributed by atoms with E-state index in [-0.39, 0.29) is 19.4 Å². The number of rotatable bonds is 11. The van der Waals surface area contributed by atoms with Crippen molar-refractivity contribution in [3.8, 4) is 5.75 Å². The van der Waals surface area contributed by atoms with E-state index in [4.69, 9.17) is 4.74 Å². The smallest absolute Gasteiger partial charge is 0.309 e. The van der Waals surface area contributed by atoms with Crippen molar-refractivity contribution in [2.75, 3.05) is 38.6 Å². The Morgan fingerprint density at radius 1 is 1.18 bits per heavy atom. The van der Waals surface area contributed by atoms with Gasteiger partial charge < -0.3 is 25.2 Å². The van der Waals surface area contributed by atoms with Gasteiger partial charge in [-0.1, -0.05) is 0 Å². The topological polar surface area (TPSA) is 94.9 Å². The second-order valence-corrected chi connectivity index (χ2v) is 9.76. The maximum Gasteiger partial charge on any atom is 0.309 e. The molecule has 38 heavy (non-hydrogen) atoms. The van der Waals surface area contributed by atoms with E-state index in [1.54, 1.807) is 18.2 Å². The number of carbonyl (C=O) groups is 1. The Bertz CT molecular complexity index is 1260. The van der Waals surface area contributed by atoms with Gasteiger partial charge in [0, 0.05) is 47.6 Å². The number of hydrogen-bond acceptors (Lipinski definition) is 6. The summed E-state index contributed by atoms with van der Waals surface area (Å²) in [6.45, 7) is 1.66. The SMILES string of the molecule is COc1ccc2ncc(CO)c(C(F)CCC3(C(=O)O)CCN(CCNc4cc(F)cc(F)c4)CC3)c2c1. The predicted octanol–water partition coefficient (Wildman–Crippen LogP) is 5.08. The maximum atomic E-state index is 15.8. The van der Waals surface area contributed by atoms with Crippen LogP contribution < -0.4 is 10.1 Å². The third kappa shape index (κ3) is 6.19. The van der Waals surface area contributed by atoms with Crippen molar-refractivity contribution in [1.29, 1.82) is 0 Å². The number of piperidine rings is 1. The quantitative estimate of drug-likeness (QED) is 0.318. The number of likely N-dealkylation sites (tertiary alicyclic amines) is 1. The second kappa shape index (κ2) is 12.0. The average Bonchev–Trinajstić information content (AvgIpc) is 2.90. The number of carboxylic acid groups (broad SMARTS) is 1. The fourth-order valence-electron chi connectivity index (χ4n) is 5.19. The lowest BCUT2D eigenvalue weighted by atomic mass is 9.74. The summed E-state index contributed by atoms with van der Waals surface area (Å²) in [5, 5.41) is 23.4. The van der Waals surface area contributed by atoms with Crippen molar-refractivity contribution in [1.82, 2.24) is 9.88 Å². The van der Waals surface area contributed by atoms with Gasteiger partial charge in [-0.15, -0.1) is 0 Å². The van der Waals surface area contributed by atoms with Crippen LogP contribution in [0.2, 0.25) is 0 Å². The monoisotopic (exact) mass is 531 g/mol. The molecule has 1 aromatic heterocycles. The molecule has 0 radical (unpaired) electrons. The zero-order valence-electron chi connectivity index (χ0n) is 21.2. The van der Waals surface area contributed by atoms with Crippen LogP contribution in [0.15, 0.2) is 42.6 Å². The summed E-state index contributed by atoms with van der Waals surface area (Å²) in [6, 6.07) is 8.37. The van der Waals surface area contributed by atoms with Crippen LogP contribution in [0.3, 0.4) is 0 Å². The molecule has 7 nitrogen and oxygen atoms in total. The third-order valence-corrected chi connectivity index (χ3v) is 7.45. The van der Waals surface area contributed by atoms with Crippen molar-refractivity contribution in [2.24, 2.45) is 5.41 Å². The second-order valence-electron chi connectivity index (χ2n) is 9.76. The van der Waals surface area contributed by atoms with Crippen molar-refractivity contribution < 1.29 is 32.9 Å². The van der Waals surface area contributed by atoms with Crippen LogP contribution in [-0.4, -0.2) is 59.4 Å². The number of benzene rings is 2. The lowest BCUT2D eigenvalue weighted by Crippen LogP contribution is -2.45. The Labute approximate surface area is 219 Å². The number of halogens is 3. The minimum Gasteiger partial charge on any atom is -0.497 e. The molecule has 1 aliphatic heterocycles. The van der Waals surface area contributed by atoms with Gasteiger partial charge in [-0.2, -0.15) is 0 Å². The number of nitrogens with zero attached hydrogens (tertiary/aromatic N) is 2. The zero-order valence-corrected chi connectivity index (χ0v) is 21.2. The van der Waals surface area contributed by atoms with Crippen molar-refractivity contribution in [3.63, 3.8) is 0 Å². The molecule has 2 heterocycles. The number of aliphatic hydroxyl groups excluding tert-OH is 1. The number of pyridine rings is 1. The number of aliphatic carboxylic acids is 1. The van der Waals surface area contributed by atoms with Crippen LogP contribution in [0.5, 0.6) is 5.75 Å². The fourth-order valence-corrected chi connectivity index (χ4v) is 5.19. The van der Waals surface area contributed by atoms with E-state index in [9.17, 15) is 23.8 Å². The van der Waals surface area contributed by atoms with Crippen LogP contribution in [0.4, 0.5) is 18.9 Å². The molecule has 3 N–H and O–H groups in total. The summed E-state index contributed by atoms with van der Waals surface area (Å²) in [5.74, 6) is -1.73. The van der Waals surface area contributed by atoms with E-state index in [1.165, 1.54) is 25.4 Å². The molecule has 0 amide bonds. The summed E-state index contributed by atoms with van der Waals surface area (Å²) in [6.07, 6.45) is 0.830. The van der Waals surface area contributed by atoms with Gasteiger partial charge in [0.25, 0.3) is 0 Å². The van der Waals surface area contributed by atoms with E-state index in [2.05, 4.69) is 15.2 Å². The summed E-state index contributed by atoms with van der Waals surface area (Å²) in [4.78, 5) is 18.7. The number of nitrogens with one attached hydrogen (secondary N) is 1. The number of aromatic nitrogens is 1. The Balaban J connectivity index is 1.39. The first-order valence-corrected chi connectivity index (χ1v) is 12.6. The van der Waals surface area contributed by atoms with Crippen LogP contribution >= 0.6 is 0 Å². The number of aliphatic hydroxyl groups is 1. The highest BCUT2D eigenvalue weighted by Crippen LogP contribution is 2.41. The highest BCUT2D eigenvalue weighted by molar-refractivity contribution is 5.85. The summed E-state index contributed by atoms with van der Waals surface area (Å²) < 4.78 is 47.8. The van der Waals surface area contributed by atoms with Crippen molar-refractivity contribution in [2.45, 2.75) is 38.5 Å². The molecule has 10 heteroatoms. The molecule has 0 bridgehead atoms. The Hall–Kier alpha value is -3.37. The van der Waals surface area contributed by atoms with E-state index >= 15 is 4.39 Å². The Kier molecular flexibility index (Phi) is 8.73. The van der Waals surface area contributed by atoms with Gasteiger partial charge in [0.1, 0.15) is 23.6 Å². The van der Waals surface area contributed by atoms with Gasteiger partial charge >= 0.3 is 5.97 Å². The minimum absolute atomic E-state index is 0.0116. The standard InChI is InChI=1S/C28H32F3N3O4/c1-38-22-2-3-25-23(15-22)26(18(17-35)16-33-25)24(31)4-5-28(27(36)37)6-9-34(10-7-28)11-8-32-21-13-19(29)12-20(30)14-21/h2-3,12-16,24,32,35H,4-11,17H2,1H3,(H,36,37). The van der Waals surface area contributed by atoms with Gasteiger partial charge in [0.2, 0.25) is 0 Å². The lowest BCUT2D eigenvalue weighted by Gasteiger charge is -2.39. The Morgan fingerprint density at radius 3 is 2.53 bits per heavy atom. The fraction of sp³-hybridized carbons (Fsp3) is 0.429. The van der Waals surface area contributed by atoms with Gasteiger partial charge in [-0.25, -0.2) is 13.2 Å². The molecule has 0 saturated carbocycles. The normalized spacial score (nSPS) is 16.3. The van der Waals surface area contributed by atoms with Crippen LogP contribution in [0.1, 0.15) is 43.0 Å². The van der Waals surface area contributed by atoms with Crippen LogP contribution in [-0.2, 0) is 11.4 Å². The largest absolute Gasteiger partial charge is 0.497 e. The summed E-state index contributed by atoms with van der Waals surface area (Å²) >= 11 is 0. The summed E-state index contributed by atoms with van der Waals surface area (Å²) in [7, 11) is 1.51. The molecular formula is C28H32F3N3O4. The van der Waals surface area contributed by atoms with E-state index in [0.717, 1.165) is 6.07 Å². The molecule has 2 aromatic carbocycles. The highest BCUT2D eigenvalue weighted by atomic mass is 19.1. The molecule has 204 valence electrons. The molecule has 1 aliphatic rings. The van der Waals surface area contributed by atoms with Gasteiger partial charge in [-0.3, -0.25) is 9.78 Å². The molecule has 0 aliphatic carbocycles. The van der Waals surface area contributed by atoms with Crippen LogP contribution in [0.25, 0.3) is 10.9 Å². The first-order chi connectivity index (χ1) is 18.2. The van der Waals surface area contributed by atoms with E-state index < -0.39 is 29.2 Å². The minimum atomic E-state index is -1.49. The first kappa shape index (κ1) is 27.7. The summed E-state index contributed by atoms with van der Waals surface area (Å²) in [5.41, 5.74) is 0.533. The number of alkyl halides is 1. The number of anilines is 1. The van der Waals surface area contributed by atoms with Crippen LogP contribution in [0, 0.1) is 17.0 Å². The average molecular weight is 532 g/mol. The predicted molar refractivity (Wildman–Crippen MR) is 138 cm³/mol. The van der Waals surface area contributed by atoms with Gasteiger partial charge in [0.05, 0.1) is 24.6 Å². The number of fused-ring (bicyclic) bond motifs is 1. The number of hydrogen-bond donors (Lipinski definition) is 3. The van der Waals surface area contributed by atoms with Crippen molar-refractivity contribution >= 4 is 22.6 Å².